The van der Waals surface area contributed by atoms with Gasteiger partial charge in [-0.25, -0.2) is 0 Å². The van der Waals surface area contributed by atoms with Crippen LogP contribution in [0, 0.1) is 23.2 Å². The fourth-order valence-corrected chi connectivity index (χ4v) is 7.86. The summed E-state index contributed by atoms with van der Waals surface area (Å²) < 4.78 is 19.1. The van der Waals surface area contributed by atoms with Gasteiger partial charge in [0, 0.05) is 24.6 Å². The molecule has 11 heteroatoms. The van der Waals surface area contributed by atoms with Crippen molar-refractivity contribution in [1.82, 2.24) is 15.6 Å². The number of fused-ring (bicyclic) bond motifs is 1. The zero-order chi connectivity index (χ0) is 31.3. The molecule has 2 amide bonds. The number of aromatic nitrogens is 1. The van der Waals surface area contributed by atoms with Gasteiger partial charge < -0.3 is 29.5 Å². The molecule has 6 atom stereocenters. The van der Waals surface area contributed by atoms with Crippen molar-refractivity contribution in [2.45, 2.75) is 90.5 Å². The van der Waals surface area contributed by atoms with Crippen molar-refractivity contribution in [2.75, 3.05) is 19.8 Å². The van der Waals surface area contributed by atoms with Crippen LogP contribution in [0.5, 0.6) is 0 Å². The van der Waals surface area contributed by atoms with Gasteiger partial charge in [-0.2, -0.15) is 0 Å². The average Bonchev–Trinajstić information content (AvgIpc) is 3.59. The molecule has 3 heterocycles. The molecule has 10 nitrogen and oxygen atoms in total. The highest BCUT2D eigenvalue weighted by atomic mass is 16.7. The molecule has 1 aromatic heterocycles. The van der Waals surface area contributed by atoms with Crippen LogP contribution in [0.3, 0.4) is 0 Å². The lowest BCUT2D eigenvalue weighted by atomic mass is 9.43. The number of amides is 2. The lowest BCUT2D eigenvalue weighted by Crippen LogP contribution is -2.65. The van der Waals surface area contributed by atoms with E-state index < -0.39 is 12.7 Å². The molecular formula is C33H45BN4O6. The van der Waals surface area contributed by atoms with Crippen molar-refractivity contribution in [3.8, 4) is 0 Å². The Morgan fingerprint density at radius 2 is 1.95 bits per heavy atom. The molecule has 2 aliphatic heterocycles. The van der Waals surface area contributed by atoms with Gasteiger partial charge in [-0.15, -0.1) is 0 Å². The minimum absolute atomic E-state index is 0.0192. The number of rotatable bonds is 11. The van der Waals surface area contributed by atoms with Gasteiger partial charge in [0.25, 0.3) is 11.8 Å². The highest BCUT2D eigenvalue weighted by Crippen LogP contribution is 2.65. The largest absolute Gasteiger partial charge is 0.481 e. The Hall–Kier alpha value is -3.02. The maximum absolute atomic E-state index is 14.0. The quantitative estimate of drug-likeness (QED) is 0.367. The summed E-state index contributed by atoms with van der Waals surface area (Å²) in [5, 5.41) is 12.1. The Morgan fingerprint density at radius 3 is 2.70 bits per heavy atom. The van der Waals surface area contributed by atoms with Crippen LogP contribution in [0.15, 0.2) is 41.7 Å². The van der Waals surface area contributed by atoms with Crippen molar-refractivity contribution >= 4 is 35.4 Å². The lowest BCUT2D eigenvalue weighted by molar-refractivity contribution is -0.199. The normalized spacial score (nSPS) is 30.8. The van der Waals surface area contributed by atoms with Crippen molar-refractivity contribution in [1.29, 1.82) is 0 Å². The molecule has 0 spiro atoms. The Labute approximate surface area is 260 Å². The SMILES string of the molecule is CCOCC1(C(=O)N[C@@H](CC(C)C)B2O[C@@H]3C[C@@H]4C[C@@H](C4(C)C)[C@]3(C)O2)CC(CNC(=O)c2nccc3ccccc23)=NO1. The average molecular weight is 605 g/mol. The van der Waals surface area contributed by atoms with E-state index in [-0.39, 0.29) is 54.4 Å². The second-order valence-electron chi connectivity index (χ2n) is 14.2. The molecule has 2 bridgehead atoms. The number of nitrogens with one attached hydrogen (secondary N) is 2. The molecule has 7 rings (SSSR count). The number of ether oxygens (including phenoxy) is 1. The maximum Gasteiger partial charge on any atom is 0.481 e. The van der Waals surface area contributed by atoms with Gasteiger partial charge in [0.15, 0.2) is 0 Å². The minimum Gasteiger partial charge on any atom is -0.404 e. The van der Waals surface area contributed by atoms with Crippen LogP contribution >= 0.6 is 0 Å². The van der Waals surface area contributed by atoms with E-state index in [1.165, 1.54) is 0 Å². The Kier molecular flexibility index (Phi) is 8.26. The summed E-state index contributed by atoms with van der Waals surface area (Å²) in [6, 6.07) is 9.48. The Morgan fingerprint density at radius 1 is 1.16 bits per heavy atom. The smallest absolute Gasteiger partial charge is 0.404 e. The fourth-order valence-electron chi connectivity index (χ4n) is 7.86. The molecule has 3 saturated carbocycles. The van der Waals surface area contributed by atoms with Crippen LogP contribution in [-0.2, 0) is 23.7 Å². The van der Waals surface area contributed by atoms with Gasteiger partial charge in [-0.1, -0.05) is 57.1 Å². The van der Waals surface area contributed by atoms with Crippen LogP contribution < -0.4 is 10.6 Å². The summed E-state index contributed by atoms with van der Waals surface area (Å²) in [6.45, 7) is 13.5. The van der Waals surface area contributed by atoms with Gasteiger partial charge in [-0.3, -0.25) is 14.6 Å². The van der Waals surface area contributed by atoms with Crippen LogP contribution in [-0.4, -0.2) is 72.6 Å². The predicted molar refractivity (Wildman–Crippen MR) is 168 cm³/mol. The van der Waals surface area contributed by atoms with E-state index in [4.69, 9.17) is 18.9 Å². The number of nitrogens with zero attached hydrogens (tertiary/aromatic N) is 2. The fraction of sp³-hybridized carbons (Fsp3) is 0.636. The number of hydrogen-bond donors (Lipinski definition) is 2. The number of pyridine rings is 1. The molecule has 1 saturated heterocycles. The first-order valence-electron chi connectivity index (χ1n) is 16.0. The van der Waals surface area contributed by atoms with E-state index in [0.29, 0.717) is 42.2 Å². The van der Waals surface area contributed by atoms with E-state index in [1.54, 1.807) is 6.20 Å². The summed E-state index contributed by atoms with van der Waals surface area (Å²) in [5.41, 5.74) is -0.621. The zero-order valence-electron chi connectivity index (χ0n) is 26.7. The number of carbonyl (C=O) groups is 2. The number of oxime groups is 1. The highest BCUT2D eigenvalue weighted by Gasteiger charge is 2.68. The van der Waals surface area contributed by atoms with Gasteiger partial charge in [-0.05, 0) is 67.7 Å². The molecule has 1 unspecified atom stereocenters. The zero-order valence-corrected chi connectivity index (χ0v) is 26.7. The van der Waals surface area contributed by atoms with Crippen molar-refractivity contribution in [2.24, 2.45) is 28.3 Å². The maximum atomic E-state index is 14.0. The van der Waals surface area contributed by atoms with E-state index in [2.05, 4.69) is 55.4 Å². The second kappa shape index (κ2) is 11.7. The van der Waals surface area contributed by atoms with E-state index in [0.717, 1.165) is 23.6 Å². The third kappa shape index (κ3) is 5.41. The molecule has 236 valence electrons. The summed E-state index contributed by atoms with van der Waals surface area (Å²) in [4.78, 5) is 37.3. The van der Waals surface area contributed by atoms with Crippen LogP contribution in [0.25, 0.3) is 10.8 Å². The molecule has 2 aromatic rings. The summed E-state index contributed by atoms with van der Waals surface area (Å²) in [5.74, 6) is 0.351. The second-order valence-corrected chi connectivity index (χ2v) is 14.2. The number of hydrogen-bond acceptors (Lipinski definition) is 8. The topological polar surface area (TPSA) is 120 Å². The van der Waals surface area contributed by atoms with Gasteiger partial charge in [0.2, 0.25) is 5.60 Å². The number of carbonyl (C=O) groups excluding carboxylic acids is 2. The van der Waals surface area contributed by atoms with E-state index in [9.17, 15) is 9.59 Å². The Balaban J connectivity index is 1.13. The first-order valence-corrected chi connectivity index (χ1v) is 16.0. The van der Waals surface area contributed by atoms with Crippen LogP contribution in [0.1, 0.15) is 77.7 Å². The molecule has 5 aliphatic rings. The van der Waals surface area contributed by atoms with E-state index in [1.807, 2.05) is 37.3 Å². The first-order chi connectivity index (χ1) is 21.0. The molecule has 4 fully saturated rings. The highest BCUT2D eigenvalue weighted by molar-refractivity contribution is 6.48. The summed E-state index contributed by atoms with van der Waals surface area (Å²) >= 11 is 0. The number of benzene rings is 1. The van der Waals surface area contributed by atoms with Gasteiger partial charge in [0.05, 0.1) is 36.5 Å². The third-order valence-corrected chi connectivity index (χ3v) is 10.5. The predicted octanol–water partition coefficient (Wildman–Crippen LogP) is 4.31. The molecule has 3 aliphatic carbocycles. The monoisotopic (exact) mass is 604 g/mol. The first kappa shape index (κ1) is 31.0. The van der Waals surface area contributed by atoms with Crippen molar-refractivity contribution in [3.05, 3.63) is 42.2 Å². The Bertz CT molecular complexity index is 1450. The van der Waals surface area contributed by atoms with Crippen molar-refractivity contribution in [3.63, 3.8) is 0 Å². The van der Waals surface area contributed by atoms with Crippen LogP contribution in [0.4, 0.5) is 0 Å². The molecule has 44 heavy (non-hydrogen) atoms. The third-order valence-electron chi connectivity index (χ3n) is 10.5. The minimum atomic E-state index is -1.36. The van der Waals surface area contributed by atoms with Gasteiger partial charge in [0.1, 0.15) is 5.69 Å². The van der Waals surface area contributed by atoms with Crippen LogP contribution in [0.2, 0.25) is 0 Å². The molecular weight excluding hydrogens is 559 g/mol. The molecule has 0 radical (unpaired) electrons. The van der Waals surface area contributed by atoms with Crippen molar-refractivity contribution < 1.29 is 28.5 Å². The summed E-state index contributed by atoms with van der Waals surface area (Å²) in [7, 11) is -0.551. The van der Waals surface area contributed by atoms with Gasteiger partial charge >= 0.3 is 7.12 Å². The lowest BCUT2D eigenvalue weighted by Gasteiger charge is -2.64. The standard InChI is InChI=1S/C33H45BN4O6/c1-7-41-19-33(17-23(38-44-33)18-36-29(39)28-24-11-9-8-10-21(24)12-13-35-28)30(40)37-27(14-20(2)3)34-42-26-16-22-15-25(31(22,4)5)32(26,6)43-34/h8-13,20,22,25-27H,7,14-19H2,1-6H3,(H,36,39)(H,37,40)/t22-,25-,26+,27-,32-,33?/m0/s1. The molecule has 1 aromatic carbocycles. The molecule has 2 N–H and O–H groups in total. The van der Waals surface area contributed by atoms with E-state index >= 15 is 0 Å². The summed E-state index contributed by atoms with van der Waals surface area (Å²) in [6.07, 6.45) is 4.65.